The molecule has 5 rings (SSSR count). The Morgan fingerprint density at radius 1 is 1.16 bits per heavy atom. The van der Waals surface area contributed by atoms with Gasteiger partial charge in [-0.25, -0.2) is 4.79 Å². The fraction of sp³-hybridized carbons (Fsp3) is 0.414. The van der Waals surface area contributed by atoms with Gasteiger partial charge in [0.25, 0.3) is 5.91 Å². The minimum Gasteiger partial charge on any atom is -0.497 e. The smallest absolute Gasteiger partial charge is 0.381 e. The second-order valence-electron chi connectivity index (χ2n) is 9.84. The molecule has 2 aliphatic heterocycles. The number of hydrogen-bond acceptors (Lipinski definition) is 11. The summed E-state index contributed by atoms with van der Waals surface area (Å²) >= 11 is 12.1. The molecule has 2 aromatic carbocycles. The van der Waals surface area contributed by atoms with Gasteiger partial charge in [-0.3, -0.25) is 18.4 Å². The van der Waals surface area contributed by atoms with E-state index in [9.17, 15) is 9.59 Å². The molecule has 5 atom stereocenters. The standard InChI is InChI=1S/C29H33ClN3O9PS/c1-3-39-43(44,41-22-9-5-4-8-21(22)30)42-23-18-38-28(26(23)40-25-10-6-7-17-37-25)33-16-15-24(32-29(33)35)31-27(34)19-11-13-20(36-2)14-12-19/h4-5,8-9,11-16,23,25-26,28H,3,6-7,10,17-18H2,1-2H3,(H,31,32,34,35). The summed E-state index contributed by atoms with van der Waals surface area (Å²) in [5.41, 5.74) is -0.293. The quantitative estimate of drug-likeness (QED) is 0.252. The van der Waals surface area contributed by atoms with E-state index in [0.717, 1.165) is 12.8 Å². The molecule has 2 aliphatic rings. The molecule has 15 heteroatoms. The van der Waals surface area contributed by atoms with E-state index in [1.165, 1.54) is 23.9 Å². The molecule has 2 saturated heterocycles. The zero-order chi connectivity index (χ0) is 31.1. The van der Waals surface area contributed by atoms with Crippen LogP contribution in [0.3, 0.4) is 0 Å². The summed E-state index contributed by atoms with van der Waals surface area (Å²) < 4.78 is 42.8. The van der Waals surface area contributed by atoms with Crippen LogP contribution in [0.5, 0.6) is 11.5 Å². The molecule has 1 aromatic heterocycles. The average molecular weight is 666 g/mol. The van der Waals surface area contributed by atoms with E-state index in [2.05, 4.69) is 10.3 Å². The van der Waals surface area contributed by atoms with Crippen LogP contribution in [-0.2, 0) is 35.1 Å². The Bertz CT molecular complexity index is 1540. The first-order chi connectivity index (χ1) is 21.3. The lowest BCUT2D eigenvalue weighted by Gasteiger charge is -2.32. The predicted molar refractivity (Wildman–Crippen MR) is 166 cm³/mol. The molecule has 3 heterocycles. The number of halogens is 1. The van der Waals surface area contributed by atoms with Gasteiger partial charge in [0.1, 0.15) is 29.5 Å². The summed E-state index contributed by atoms with van der Waals surface area (Å²) in [6, 6.07) is 14.9. The lowest BCUT2D eigenvalue weighted by Crippen LogP contribution is -2.41. The van der Waals surface area contributed by atoms with Gasteiger partial charge in [-0.1, -0.05) is 23.7 Å². The third-order valence-corrected chi connectivity index (χ3v) is 9.46. The Labute approximate surface area is 264 Å². The molecule has 2 fully saturated rings. The van der Waals surface area contributed by atoms with Crippen molar-refractivity contribution in [1.82, 2.24) is 9.55 Å². The van der Waals surface area contributed by atoms with E-state index >= 15 is 0 Å². The van der Waals surface area contributed by atoms with Crippen molar-refractivity contribution in [2.75, 3.05) is 32.2 Å². The lowest BCUT2D eigenvalue weighted by atomic mass is 10.2. The maximum absolute atomic E-state index is 13.2. The number of carbonyl (C=O) groups excluding carboxylic acids is 1. The summed E-state index contributed by atoms with van der Waals surface area (Å²) in [7, 11) is 1.54. The second kappa shape index (κ2) is 14.9. The van der Waals surface area contributed by atoms with Crippen LogP contribution in [0, 0.1) is 0 Å². The highest BCUT2D eigenvalue weighted by Gasteiger charge is 2.46. The van der Waals surface area contributed by atoms with Crippen LogP contribution in [0.25, 0.3) is 0 Å². The van der Waals surface area contributed by atoms with Gasteiger partial charge in [0.05, 0.1) is 25.3 Å². The molecule has 0 bridgehead atoms. The number of rotatable bonds is 12. The van der Waals surface area contributed by atoms with Crippen LogP contribution in [-0.4, -0.2) is 60.9 Å². The topological polar surface area (TPSA) is 129 Å². The summed E-state index contributed by atoms with van der Waals surface area (Å²) in [5.74, 6) is 0.579. The molecule has 44 heavy (non-hydrogen) atoms. The largest absolute Gasteiger partial charge is 0.497 e. The van der Waals surface area contributed by atoms with Crippen molar-refractivity contribution in [3.8, 4) is 11.5 Å². The monoisotopic (exact) mass is 665 g/mol. The van der Waals surface area contributed by atoms with Crippen molar-refractivity contribution >= 4 is 41.9 Å². The van der Waals surface area contributed by atoms with E-state index in [4.69, 9.17) is 55.9 Å². The Hall–Kier alpha value is -2.87. The third-order valence-electron chi connectivity index (χ3n) is 6.82. The fourth-order valence-electron chi connectivity index (χ4n) is 4.69. The maximum atomic E-state index is 13.2. The molecule has 0 aliphatic carbocycles. The molecule has 0 radical (unpaired) electrons. The van der Waals surface area contributed by atoms with Gasteiger partial charge < -0.3 is 28.8 Å². The molecule has 0 spiro atoms. The number of nitrogens with one attached hydrogen (secondary N) is 1. The molecule has 236 valence electrons. The second-order valence-corrected chi connectivity index (χ2v) is 13.1. The first-order valence-electron chi connectivity index (χ1n) is 14.1. The highest BCUT2D eigenvalue weighted by Crippen LogP contribution is 2.54. The van der Waals surface area contributed by atoms with E-state index in [0.29, 0.717) is 35.1 Å². The summed E-state index contributed by atoms with van der Waals surface area (Å²) in [6.07, 6.45) is 0.881. The van der Waals surface area contributed by atoms with Crippen LogP contribution >= 0.6 is 18.3 Å². The minimum absolute atomic E-state index is 0.0157. The van der Waals surface area contributed by atoms with Gasteiger partial charge in [0.2, 0.25) is 0 Å². The van der Waals surface area contributed by atoms with Crippen LogP contribution in [0.4, 0.5) is 5.82 Å². The van der Waals surface area contributed by atoms with Crippen LogP contribution in [0.2, 0.25) is 5.02 Å². The number of nitrogens with zero attached hydrogens (tertiary/aromatic N) is 2. The van der Waals surface area contributed by atoms with Gasteiger partial charge in [0.15, 0.2) is 12.5 Å². The number of hydrogen-bond donors (Lipinski definition) is 1. The van der Waals surface area contributed by atoms with Gasteiger partial charge in [-0.15, -0.1) is 0 Å². The van der Waals surface area contributed by atoms with Crippen molar-refractivity contribution in [3.63, 3.8) is 0 Å². The number of benzene rings is 2. The number of ether oxygens (including phenoxy) is 4. The fourth-order valence-corrected chi connectivity index (χ4v) is 7.19. The normalized spacial score (nSPS) is 23.1. The third kappa shape index (κ3) is 8.04. The molecule has 1 amide bonds. The van der Waals surface area contributed by atoms with Gasteiger partial charge in [0, 0.05) is 30.2 Å². The summed E-state index contributed by atoms with van der Waals surface area (Å²) in [6.45, 7) is -0.843. The average Bonchev–Trinajstić information content (AvgIpc) is 3.39. The first kappa shape index (κ1) is 32.5. The number of para-hydroxylation sites is 1. The van der Waals surface area contributed by atoms with Crippen LogP contribution < -0.4 is 20.3 Å². The summed E-state index contributed by atoms with van der Waals surface area (Å²) in [5, 5.41) is 2.99. The number of amides is 1. The molecule has 5 unspecified atom stereocenters. The van der Waals surface area contributed by atoms with E-state index in [1.807, 2.05) is 0 Å². The Morgan fingerprint density at radius 2 is 1.95 bits per heavy atom. The molecule has 0 saturated carbocycles. The SMILES string of the molecule is CCOP(=S)(Oc1ccccc1Cl)OC1COC(n2ccc(NC(=O)c3ccc(OC)cc3)nc2=O)C1OC1CCCCO1. The Balaban J connectivity index is 1.36. The van der Waals surface area contributed by atoms with E-state index in [1.54, 1.807) is 55.5 Å². The highest BCUT2D eigenvalue weighted by atomic mass is 35.5. The van der Waals surface area contributed by atoms with Gasteiger partial charge in [-0.2, -0.15) is 4.98 Å². The van der Waals surface area contributed by atoms with Crippen molar-refractivity contribution in [2.24, 2.45) is 0 Å². The molecule has 3 aromatic rings. The molecule has 12 nitrogen and oxygen atoms in total. The number of anilines is 1. The Kier molecular flexibility index (Phi) is 11.0. The van der Waals surface area contributed by atoms with Crippen LogP contribution in [0.1, 0.15) is 42.8 Å². The zero-order valence-electron chi connectivity index (χ0n) is 24.1. The number of carbonyl (C=O) groups is 1. The van der Waals surface area contributed by atoms with Gasteiger partial charge in [-0.05, 0) is 68.7 Å². The predicted octanol–water partition coefficient (Wildman–Crippen LogP) is 5.32. The minimum atomic E-state index is -3.41. The summed E-state index contributed by atoms with van der Waals surface area (Å²) in [4.78, 5) is 30.0. The zero-order valence-corrected chi connectivity index (χ0v) is 26.6. The first-order valence-corrected chi connectivity index (χ1v) is 17.0. The Morgan fingerprint density at radius 3 is 2.64 bits per heavy atom. The lowest BCUT2D eigenvalue weighted by molar-refractivity contribution is -0.214. The highest BCUT2D eigenvalue weighted by molar-refractivity contribution is 8.07. The van der Waals surface area contributed by atoms with Gasteiger partial charge >= 0.3 is 12.4 Å². The van der Waals surface area contributed by atoms with Crippen molar-refractivity contribution in [1.29, 1.82) is 0 Å². The number of aromatic nitrogens is 2. The van der Waals surface area contributed by atoms with Crippen molar-refractivity contribution in [3.05, 3.63) is 81.9 Å². The van der Waals surface area contributed by atoms with Crippen LogP contribution in [0.15, 0.2) is 65.6 Å². The molecular formula is C29H33ClN3O9PS. The van der Waals surface area contributed by atoms with E-state index in [-0.39, 0.29) is 19.0 Å². The maximum Gasteiger partial charge on any atom is 0.381 e. The van der Waals surface area contributed by atoms with E-state index < -0.39 is 43.0 Å². The van der Waals surface area contributed by atoms with Crippen molar-refractivity contribution in [2.45, 2.75) is 50.9 Å². The molecular weight excluding hydrogens is 633 g/mol. The molecule has 1 N–H and O–H groups in total. The van der Waals surface area contributed by atoms with Crippen molar-refractivity contribution < 1.29 is 37.3 Å². The number of methoxy groups -OCH3 is 1.